The molecule has 0 radical (unpaired) electrons. The molecule has 2 N–H and O–H groups in total. The quantitative estimate of drug-likeness (QED) is 0.642. The number of hydrogen-bond acceptors (Lipinski definition) is 6. The molecule has 0 spiro atoms. The third-order valence-corrected chi connectivity index (χ3v) is 2.75. The van der Waals surface area contributed by atoms with Gasteiger partial charge in [0.15, 0.2) is 0 Å². The summed E-state index contributed by atoms with van der Waals surface area (Å²) in [7, 11) is 0. The van der Waals surface area contributed by atoms with Crippen molar-refractivity contribution >= 4 is 23.0 Å². The number of nitrogens with zero attached hydrogens (tertiary/aromatic N) is 3. The van der Waals surface area contributed by atoms with Gasteiger partial charge in [0.1, 0.15) is 6.33 Å². The van der Waals surface area contributed by atoms with E-state index in [4.69, 9.17) is 0 Å². The van der Waals surface area contributed by atoms with Crippen LogP contribution in [0.15, 0.2) is 30.6 Å². The van der Waals surface area contributed by atoms with E-state index in [1.807, 2.05) is 38.1 Å². The molecule has 2 rings (SSSR count). The fourth-order valence-electron chi connectivity index (χ4n) is 1.78. The summed E-state index contributed by atoms with van der Waals surface area (Å²) in [6, 6.07) is 7.52. The van der Waals surface area contributed by atoms with E-state index in [1.54, 1.807) is 0 Å². The number of rotatable bonds is 5. The van der Waals surface area contributed by atoms with E-state index in [1.165, 1.54) is 6.33 Å². The number of aromatic nitrogens is 2. The first kappa shape index (κ1) is 13.7. The summed E-state index contributed by atoms with van der Waals surface area (Å²) in [5, 5.41) is 17.1. The summed E-state index contributed by atoms with van der Waals surface area (Å²) in [5.41, 5.74) is 1.60. The Bertz CT molecular complexity index is 630. The van der Waals surface area contributed by atoms with Gasteiger partial charge in [-0.3, -0.25) is 10.1 Å². The lowest BCUT2D eigenvalue weighted by atomic mass is 10.2. The monoisotopic (exact) mass is 273 g/mol. The van der Waals surface area contributed by atoms with Gasteiger partial charge in [-0.25, -0.2) is 9.97 Å². The van der Waals surface area contributed by atoms with Crippen molar-refractivity contribution in [3.05, 3.63) is 46.3 Å². The number of nitrogens with one attached hydrogen (secondary N) is 2. The fourth-order valence-corrected chi connectivity index (χ4v) is 1.78. The minimum Gasteiger partial charge on any atom is -0.364 e. The standard InChI is InChI=1S/C13H15N5O2/c1-3-14-12-11(18(19)20)13(16-8-15-12)17-10-7-5-4-6-9(10)2/h4-8H,3H2,1-2H3,(H2,14,15,16,17). The second-order valence-corrected chi connectivity index (χ2v) is 4.15. The van der Waals surface area contributed by atoms with E-state index >= 15 is 0 Å². The number of aryl methyl sites for hydroxylation is 1. The zero-order valence-corrected chi connectivity index (χ0v) is 11.3. The van der Waals surface area contributed by atoms with Crippen molar-refractivity contribution in [2.24, 2.45) is 0 Å². The molecule has 7 heteroatoms. The molecule has 0 bridgehead atoms. The van der Waals surface area contributed by atoms with Crippen molar-refractivity contribution in [1.29, 1.82) is 0 Å². The smallest absolute Gasteiger partial charge is 0.353 e. The highest BCUT2D eigenvalue weighted by Crippen LogP contribution is 2.31. The minimum absolute atomic E-state index is 0.155. The molecule has 0 atom stereocenters. The first-order valence-corrected chi connectivity index (χ1v) is 6.19. The van der Waals surface area contributed by atoms with Gasteiger partial charge < -0.3 is 10.6 Å². The molecular formula is C13H15N5O2. The van der Waals surface area contributed by atoms with Gasteiger partial charge in [0, 0.05) is 12.2 Å². The van der Waals surface area contributed by atoms with Crippen LogP contribution in [0.2, 0.25) is 0 Å². The lowest BCUT2D eigenvalue weighted by Gasteiger charge is -2.10. The van der Waals surface area contributed by atoms with Crippen LogP contribution in [-0.2, 0) is 0 Å². The van der Waals surface area contributed by atoms with E-state index in [2.05, 4.69) is 20.6 Å². The Morgan fingerprint density at radius 1 is 1.25 bits per heavy atom. The third kappa shape index (κ3) is 2.82. The van der Waals surface area contributed by atoms with Gasteiger partial charge in [0.05, 0.1) is 4.92 Å². The number of anilines is 3. The highest BCUT2D eigenvalue weighted by molar-refractivity contribution is 5.74. The molecule has 104 valence electrons. The Morgan fingerprint density at radius 2 is 1.95 bits per heavy atom. The van der Waals surface area contributed by atoms with E-state index in [0.717, 1.165) is 11.3 Å². The molecule has 1 aromatic heterocycles. The molecule has 7 nitrogen and oxygen atoms in total. The van der Waals surface area contributed by atoms with Crippen molar-refractivity contribution in [2.75, 3.05) is 17.2 Å². The van der Waals surface area contributed by atoms with Crippen LogP contribution in [0, 0.1) is 17.0 Å². The normalized spacial score (nSPS) is 10.1. The summed E-state index contributed by atoms with van der Waals surface area (Å²) >= 11 is 0. The minimum atomic E-state index is -0.487. The molecule has 0 aliphatic carbocycles. The topological polar surface area (TPSA) is 93.0 Å². The molecule has 0 fully saturated rings. The lowest BCUT2D eigenvalue weighted by molar-refractivity contribution is -0.383. The molecule has 0 unspecified atom stereocenters. The van der Waals surface area contributed by atoms with Gasteiger partial charge in [-0.15, -0.1) is 0 Å². The summed E-state index contributed by atoms with van der Waals surface area (Å²) in [5.74, 6) is 0.388. The van der Waals surface area contributed by atoms with Crippen LogP contribution in [-0.4, -0.2) is 21.4 Å². The van der Waals surface area contributed by atoms with Crippen molar-refractivity contribution < 1.29 is 4.92 Å². The summed E-state index contributed by atoms with van der Waals surface area (Å²) in [4.78, 5) is 18.6. The summed E-state index contributed by atoms with van der Waals surface area (Å²) < 4.78 is 0. The second kappa shape index (κ2) is 5.96. The van der Waals surface area contributed by atoms with Crippen LogP contribution >= 0.6 is 0 Å². The number of nitro groups is 1. The van der Waals surface area contributed by atoms with Crippen LogP contribution in [0.3, 0.4) is 0 Å². The Labute approximate surface area is 116 Å². The predicted octanol–water partition coefficient (Wildman–Crippen LogP) is 2.87. The van der Waals surface area contributed by atoms with Crippen molar-refractivity contribution in [1.82, 2.24) is 9.97 Å². The molecule has 1 heterocycles. The average molecular weight is 273 g/mol. The second-order valence-electron chi connectivity index (χ2n) is 4.15. The molecular weight excluding hydrogens is 258 g/mol. The van der Waals surface area contributed by atoms with Gasteiger partial charge in [-0.1, -0.05) is 18.2 Å². The van der Waals surface area contributed by atoms with E-state index in [9.17, 15) is 10.1 Å². The third-order valence-electron chi connectivity index (χ3n) is 2.75. The largest absolute Gasteiger partial charge is 0.364 e. The number of hydrogen-bond donors (Lipinski definition) is 2. The molecule has 0 saturated carbocycles. The van der Waals surface area contributed by atoms with Crippen molar-refractivity contribution in [2.45, 2.75) is 13.8 Å². The molecule has 0 aliphatic rings. The molecule has 0 amide bonds. The van der Waals surface area contributed by atoms with Gasteiger partial charge in [-0.2, -0.15) is 0 Å². The molecule has 0 saturated heterocycles. The molecule has 20 heavy (non-hydrogen) atoms. The maximum atomic E-state index is 11.2. The number of benzene rings is 1. The summed E-state index contributed by atoms with van der Waals surface area (Å²) in [6.07, 6.45) is 1.30. The van der Waals surface area contributed by atoms with Gasteiger partial charge >= 0.3 is 5.69 Å². The fraction of sp³-hybridized carbons (Fsp3) is 0.231. The highest BCUT2D eigenvalue weighted by atomic mass is 16.6. The van der Waals surface area contributed by atoms with E-state index in [0.29, 0.717) is 6.54 Å². The van der Waals surface area contributed by atoms with Gasteiger partial charge in [0.25, 0.3) is 0 Å². The molecule has 1 aromatic carbocycles. The van der Waals surface area contributed by atoms with Gasteiger partial charge in [-0.05, 0) is 25.5 Å². The first-order chi connectivity index (χ1) is 9.63. The van der Waals surface area contributed by atoms with Crippen LogP contribution in [0.1, 0.15) is 12.5 Å². The molecule has 2 aromatic rings. The predicted molar refractivity (Wildman–Crippen MR) is 77.3 cm³/mol. The Balaban J connectivity index is 2.44. The van der Waals surface area contributed by atoms with Gasteiger partial charge in [0.2, 0.25) is 11.6 Å². The lowest BCUT2D eigenvalue weighted by Crippen LogP contribution is -2.08. The Hall–Kier alpha value is -2.70. The van der Waals surface area contributed by atoms with Crippen molar-refractivity contribution in [3.63, 3.8) is 0 Å². The van der Waals surface area contributed by atoms with Crippen LogP contribution in [0.4, 0.5) is 23.0 Å². The van der Waals surface area contributed by atoms with Crippen molar-refractivity contribution in [3.8, 4) is 0 Å². The average Bonchev–Trinajstić information content (AvgIpc) is 2.41. The zero-order valence-electron chi connectivity index (χ0n) is 11.3. The Kier molecular flexibility index (Phi) is 4.09. The maximum absolute atomic E-state index is 11.2. The maximum Gasteiger partial charge on any atom is 0.353 e. The van der Waals surface area contributed by atoms with Crippen LogP contribution in [0.5, 0.6) is 0 Å². The zero-order chi connectivity index (χ0) is 14.5. The summed E-state index contributed by atoms with van der Waals surface area (Å²) in [6.45, 7) is 4.31. The van der Waals surface area contributed by atoms with Crippen LogP contribution < -0.4 is 10.6 Å². The first-order valence-electron chi connectivity index (χ1n) is 6.19. The van der Waals surface area contributed by atoms with Crippen LogP contribution in [0.25, 0.3) is 0 Å². The van der Waals surface area contributed by atoms with E-state index in [-0.39, 0.29) is 17.3 Å². The molecule has 0 aliphatic heterocycles. The Morgan fingerprint density at radius 3 is 2.60 bits per heavy atom. The SMILES string of the molecule is CCNc1ncnc(Nc2ccccc2C)c1[N+](=O)[O-]. The number of para-hydroxylation sites is 1. The van der Waals surface area contributed by atoms with E-state index < -0.39 is 4.92 Å². The highest BCUT2D eigenvalue weighted by Gasteiger charge is 2.22.